The first-order valence-electron chi connectivity index (χ1n) is 7.77. The number of likely N-dealkylation sites (N-methyl/N-ethyl adjacent to an activating group) is 1. The van der Waals surface area contributed by atoms with Crippen LogP contribution in [0.2, 0.25) is 0 Å². The summed E-state index contributed by atoms with van der Waals surface area (Å²) in [6.45, 7) is 8.09. The van der Waals surface area contributed by atoms with Gasteiger partial charge in [0.1, 0.15) is 0 Å². The second kappa shape index (κ2) is 10.0. The minimum atomic E-state index is -0.490. The Balaban J connectivity index is 2.72. The Morgan fingerprint density at radius 2 is 1.83 bits per heavy atom. The lowest BCUT2D eigenvalue weighted by molar-refractivity contribution is -0.385. The van der Waals surface area contributed by atoms with E-state index < -0.39 is 4.92 Å². The maximum absolute atomic E-state index is 11.0. The van der Waals surface area contributed by atoms with Crippen molar-refractivity contribution in [3.8, 4) is 11.5 Å². The molecule has 0 saturated heterocycles. The van der Waals surface area contributed by atoms with Crippen LogP contribution < -0.4 is 9.47 Å². The van der Waals surface area contributed by atoms with Crippen LogP contribution in [0.5, 0.6) is 11.5 Å². The molecule has 0 atom stereocenters. The molecule has 0 fully saturated rings. The number of nitro benzene ring substituents is 1. The van der Waals surface area contributed by atoms with E-state index in [0.29, 0.717) is 19.0 Å². The van der Waals surface area contributed by atoms with Crippen molar-refractivity contribution in [2.24, 2.45) is 0 Å². The Hall–Kier alpha value is -1.86. The highest BCUT2D eigenvalue weighted by Gasteiger charge is 2.22. The third kappa shape index (κ3) is 5.37. The van der Waals surface area contributed by atoms with Crippen molar-refractivity contribution in [3.05, 3.63) is 27.8 Å². The quantitative estimate of drug-likeness (QED) is 0.354. The SMILES string of the molecule is CCCN(CC)CCOCc1ccc([N+](=O)[O-])c(OC)c1OC. The number of nitrogens with zero attached hydrogens (tertiary/aromatic N) is 2. The third-order valence-corrected chi connectivity index (χ3v) is 3.57. The van der Waals surface area contributed by atoms with E-state index in [4.69, 9.17) is 14.2 Å². The van der Waals surface area contributed by atoms with Gasteiger partial charge in [0.2, 0.25) is 5.75 Å². The third-order valence-electron chi connectivity index (χ3n) is 3.57. The lowest BCUT2D eigenvalue weighted by atomic mass is 10.1. The maximum Gasteiger partial charge on any atom is 0.314 e. The molecule has 0 aliphatic heterocycles. The maximum atomic E-state index is 11.0. The van der Waals surface area contributed by atoms with Crippen molar-refractivity contribution in [2.45, 2.75) is 26.9 Å². The summed E-state index contributed by atoms with van der Waals surface area (Å²) >= 11 is 0. The van der Waals surface area contributed by atoms with E-state index in [2.05, 4.69) is 18.7 Å². The minimum Gasteiger partial charge on any atom is -0.492 e. The van der Waals surface area contributed by atoms with E-state index >= 15 is 0 Å². The molecule has 0 bridgehead atoms. The second-order valence-corrected chi connectivity index (χ2v) is 5.05. The molecule has 0 aliphatic rings. The molecule has 0 unspecified atom stereocenters. The van der Waals surface area contributed by atoms with Gasteiger partial charge in [-0.25, -0.2) is 0 Å². The van der Waals surface area contributed by atoms with Crippen LogP contribution in [0.1, 0.15) is 25.8 Å². The van der Waals surface area contributed by atoms with Gasteiger partial charge in [-0.2, -0.15) is 0 Å². The molecular formula is C16H26N2O5. The first kappa shape index (κ1) is 19.2. The Morgan fingerprint density at radius 3 is 2.35 bits per heavy atom. The standard InChI is InChI=1S/C16H26N2O5/c1-5-9-17(6-2)10-11-23-12-13-7-8-14(18(19)20)16(22-4)15(13)21-3/h7-8H,5-6,9-12H2,1-4H3. The van der Waals surface area contributed by atoms with Crippen molar-refractivity contribution in [3.63, 3.8) is 0 Å². The van der Waals surface area contributed by atoms with Crippen molar-refractivity contribution in [2.75, 3.05) is 40.5 Å². The van der Waals surface area contributed by atoms with E-state index in [-0.39, 0.29) is 11.4 Å². The van der Waals surface area contributed by atoms with Gasteiger partial charge in [-0.15, -0.1) is 0 Å². The van der Waals surface area contributed by atoms with Gasteiger partial charge in [-0.1, -0.05) is 13.8 Å². The molecule has 0 aromatic heterocycles. The number of hydrogen-bond acceptors (Lipinski definition) is 6. The fourth-order valence-corrected chi connectivity index (χ4v) is 2.39. The number of ether oxygens (including phenoxy) is 3. The number of benzene rings is 1. The normalized spacial score (nSPS) is 10.8. The summed E-state index contributed by atoms with van der Waals surface area (Å²) in [5.74, 6) is 0.474. The molecule has 1 rings (SSSR count). The number of hydrogen-bond donors (Lipinski definition) is 0. The Bertz CT molecular complexity index is 507. The van der Waals surface area contributed by atoms with E-state index in [1.807, 2.05) is 0 Å². The van der Waals surface area contributed by atoms with Crippen LogP contribution >= 0.6 is 0 Å². The predicted octanol–water partition coefficient (Wildman–Crippen LogP) is 2.86. The largest absolute Gasteiger partial charge is 0.492 e. The summed E-state index contributed by atoms with van der Waals surface area (Å²) in [6, 6.07) is 3.05. The highest BCUT2D eigenvalue weighted by molar-refractivity contribution is 5.59. The van der Waals surface area contributed by atoms with Crippen LogP contribution in [0.25, 0.3) is 0 Å². The first-order valence-corrected chi connectivity index (χ1v) is 7.77. The summed E-state index contributed by atoms with van der Waals surface area (Å²) in [5, 5.41) is 11.0. The number of nitro groups is 1. The molecule has 1 aromatic carbocycles. The molecule has 0 heterocycles. The number of methoxy groups -OCH3 is 2. The lowest BCUT2D eigenvalue weighted by Crippen LogP contribution is -2.28. The minimum absolute atomic E-state index is 0.117. The average molecular weight is 326 g/mol. The van der Waals surface area contributed by atoms with Crippen molar-refractivity contribution >= 4 is 5.69 Å². The molecule has 0 radical (unpaired) electrons. The fourth-order valence-electron chi connectivity index (χ4n) is 2.39. The zero-order chi connectivity index (χ0) is 17.2. The smallest absolute Gasteiger partial charge is 0.314 e. The van der Waals surface area contributed by atoms with E-state index in [9.17, 15) is 10.1 Å². The molecule has 0 saturated carbocycles. The summed E-state index contributed by atoms with van der Waals surface area (Å²) < 4.78 is 16.1. The fraction of sp³-hybridized carbons (Fsp3) is 0.625. The molecule has 1 aromatic rings. The average Bonchev–Trinajstić information content (AvgIpc) is 2.56. The zero-order valence-corrected chi connectivity index (χ0v) is 14.3. The monoisotopic (exact) mass is 326 g/mol. The molecule has 130 valence electrons. The lowest BCUT2D eigenvalue weighted by Gasteiger charge is -2.19. The Kier molecular flexibility index (Phi) is 8.36. The highest BCUT2D eigenvalue weighted by Crippen LogP contribution is 2.39. The number of rotatable bonds is 11. The zero-order valence-electron chi connectivity index (χ0n) is 14.3. The van der Waals surface area contributed by atoms with Gasteiger partial charge in [-0.3, -0.25) is 10.1 Å². The van der Waals surface area contributed by atoms with E-state index in [1.165, 1.54) is 20.3 Å². The predicted molar refractivity (Wildman–Crippen MR) is 88.3 cm³/mol. The van der Waals surface area contributed by atoms with Crippen molar-refractivity contribution in [1.82, 2.24) is 4.90 Å². The van der Waals surface area contributed by atoms with Crippen molar-refractivity contribution < 1.29 is 19.1 Å². The molecule has 0 spiro atoms. The molecule has 7 heteroatoms. The van der Waals surface area contributed by atoms with Gasteiger partial charge in [0.05, 0.1) is 32.4 Å². The van der Waals surface area contributed by atoms with Crippen LogP contribution in [0.3, 0.4) is 0 Å². The molecule has 7 nitrogen and oxygen atoms in total. The second-order valence-electron chi connectivity index (χ2n) is 5.05. The summed E-state index contributed by atoms with van der Waals surface area (Å²) in [5.41, 5.74) is 0.613. The van der Waals surface area contributed by atoms with Crippen LogP contribution in [-0.4, -0.2) is 50.3 Å². The van der Waals surface area contributed by atoms with Gasteiger partial charge in [0.15, 0.2) is 5.75 Å². The van der Waals surface area contributed by atoms with Crippen LogP contribution in [0, 0.1) is 10.1 Å². The molecular weight excluding hydrogens is 300 g/mol. The topological polar surface area (TPSA) is 74.1 Å². The van der Waals surface area contributed by atoms with Crippen molar-refractivity contribution in [1.29, 1.82) is 0 Å². The van der Waals surface area contributed by atoms with Crippen LogP contribution in [-0.2, 0) is 11.3 Å². The Labute approximate surface area is 137 Å². The Morgan fingerprint density at radius 1 is 1.13 bits per heavy atom. The first-order chi connectivity index (χ1) is 11.1. The van der Waals surface area contributed by atoms with Crippen LogP contribution in [0.15, 0.2) is 12.1 Å². The summed E-state index contributed by atoms with van der Waals surface area (Å²) in [7, 11) is 2.85. The molecule has 0 amide bonds. The highest BCUT2D eigenvalue weighted by atomic mass is 16.6. The van der Waals surface area contributed by atoms with Gasteiger partial charge in [0, 0.05) is 18.2 Å². The van der Waals surface area contributed by atoms with Gasteiger partial charge < -0.3 is 19.1 Å². The van der Waals surface area contributed by atoms with Gasteiger partial charge in [0.25, 0.3) is 0 Å². The van der Waals surface area contributed by atoms with Gasteiger partial charge in [-0.05, 0) is 25.6 Å². The summed E-state index contributed by atoms with van der Waals surface area (Å²) in [6.07, 6.45) is 1.11. The van der Waals surface area contributed by atoms with E-state index in [0.717, 1.165) is 31.6 Å². The van der Waals surface area contributed by atoms with Gasteiger partial charge >= 0.3 is 5.69 Å². The molecule has 0 aliphatic carbocycles. The summed E-state index contributed by atoms with van der Waals surface area (Å²) in [4.78, 5) is 12.8. The van der Waals surface area contributed by atoms with E-state index in [1.54, 1.807) is 6.07 Å². The van der Waals surface area contributed by atoms with Crippen LogP contribution in [0.4, 0.5) is 5.69 Å². The molecule has 0 N–H and O–H groups in total. The molecule has 23 heavy (non-hydrogen) atoms.